The fourth-order valence-electron chi connectivity index (χ4n) is 3.66. The maximum absolute atomic E-state index is 13.6. The van der Waals surface area contributed by atoms with Crippen LogP contribution >= 0.6 is 0 Å². The molecule has 1 saturated carbocycles. The van der Waals surface area contributed by atoms with Crippen LogP contribution in [0, 0.1) is 5.41 Å². The van der Waals surface area contributed by atoms with Gasteiger partial charge in [0.15, 0.2) is 5.83 Å². The van der Waals surface area contributed by atoms with Gasteiger partial charge in [-0.05, 0) is 73.1 Å². The number of rotatable bonds is 3. The zero-order valence-electron chi connectivity index (χ0n) is 13.6. The van der Waals surface area contributed by atoms with Gasteiger partial charge in [0, 0.05) is 6.20 Å². The first-order valence-electron chi connectivity index (χ1n) is 8.29. The number of hydrogen-bond donors (Lipinski definition) is 2. The molecule has 4 aliphatic rings. The van der Waals surface area contributed by atoms with Crippen LogP contribution < -0.4 is 10.6 Å². The first kappa shape index (κ1) is 15.0. The number of dihydropyridines is 1. The lowest BCUT2D eigenvalue weighted by atomic mass is 9.98. The van der Waals surface area contributed by atoms with Crippen LogP contribution in [-0.4, -0.2) is 12.1 Å². The van der Waals surface area contributed by atoms with Crippen molar-refractivity contribution in [2.45, 2.75) is 38.8 Å². The highest BCUT2D eigenvalue weighted by Crippen LogP contribution is 2.60. The van der Waals surface area contributed by atoms with Crippen LogP contribution in [0.1, 0.15) is 32.6 Å². The molecule has 1 fully saturated rings. The van der Waals surface area contributed by atoms with E-state index in [-0.39, 0.29) is 11.7 Å². The Morgan fingerprint density at radius 1 is 1.42 bits per heavy atom. The van der Waals surface area contributed by atoms with Crippen molar-refractivity contribution in [3.8, 4) is 0 Å². The molecular formula is C20H19FN2O. The summed E-state index contributed by atoms with van der Waals surface area (Å²) in [5.74, 6) is -1.16. The van der Waals surface area contributed by atoms with Gasteiger partial charge < -0.3 is 10.6 Å². The van der Waals surface area contributed by atoms with Gasteiger partial charge in [-0.15, -0.1) is 0 Å². The number of carbonyl (C=O) groups is 1. The standard InChI is InChI=1S/C20H19FN2O/c1-13-10-20(8-9-20)11-16(13)14-6-7-18(22-12-14)23-19(24)15-4-2-3-5-17(15)21/h2,4,6-7,12,18,22H,8-11H2,1H3,(H,23,24). The number of amides is 1. The SMILES string of the molecule is CC1=C(C2=CNC(NC(=O)C3=CC=C=C=C3F)C=C2)CC2(CC2)C1. The van der Waals surface area contributed by atoms with Crippen LogP contribution in [0.5, 0.6) is 0 Å². The van der Waals surface area contributed by atoms with E-state index in [1.165, 1.54) is 48.1 Å². The lowest BCUT2D eigenvalue weighted by Crippen LogP contribution is -2.43. The summed E-state index contributed by atoms with van der Waals surface area (Å²) in [4.78, 5) is 12.1. The monoisotopic (exact) mass is 322 g/mol. The molecule has 2 N–H and O–H groups in total. The Morgan fingerprint density at radius 2 is 2.25 bits per heavy atom. The summed E-state index contributed by atoms with van der Waals surface area (Å²) in [6.45, 7) is 2.22. The minimum Gasteiger partial charge on any atom is -0.368 e. The third-order valence-electron chi connectivity index (χ3n) is 5.18. The molecule has 0 radical (unpaired) electrons. The van der Waals surface area contributed by atoms with Crippen molar-refractivity contribution in [3.63, 3.8) is 0 Å². The fraction of sp³-hybridized carbons (Fsp3) is 0.350. The molecule has 4 heteroatoms. The van der Waals surface area contributed by atoms with Crippen LogP contribution in [0.3, 0.4) is 0 Å². The van der Waals surface area contributed by atoms with E-state index < -0.39 is 11.7 Å². The Balaban J connectivity index is 1.39. The minimum absolute atomic E-state index is 0.0243. The summed E-state index contributed by atoms with van der Waals surface area (Å²) in [6.07, 6.45) is 13.5. The predicted molar refractivity (Wildman–Crippen MR) is 90.2 cm³/mol. The zero-order valence-corrected chi connectivity index (χ0v) is 13.6. The van der Waals surface area contributed by atoms with Gasteiger partial charge >= 0.3 is 0 Å². The number of nitrogens with one attached hydrogen (secondary N) is 2. The van der Waals surface area contributed by atoms with Crippen molar-refractivity contribution >= 4 is 5.91 Å². The average Bonchev–Trinajstić information content (AvgIpc) is 3.24. The third-order valence-corrected chi connectivity index (χ3v) is 5.18. The molecule has 1 atom stereocenters. The minimum atomic E-state index is -0.688. The van der Waals surface area contributed by atoms with E-state index in [0.717, 1.165) is 6.42 Å². The molecule has 1 spiro atoms. The quantitative estimate of drug-likeness (QED) is 0.781. The Labute approximate surface area is 140 Å². The first-order valence-corrected chi connectivity index (χ1v) is 8.29. The molecule has 0 aromatic carbocycles. The van der Waals surface area contributed by atoms with E-state index in [1.807, 2.05) is 18.4 Å². The highest BCUT2D eigenvalue weighted by molar-refractivity contribution is 5.97. The second-order valence-corrected chi connectivity index (χ2v) is 7.02. The zero-order chi connectivity index (χ0) is 16.7. The van der Waals surface area contributed by atoms with Crippen molar-refractivity contribution in [1.82, 2.24) is 10.6 Å². The molecule has 1 heterocycles. The highest BCUT2D eigenvalue weighted by atomic mass is 19.1. The van der Waals surface area contributed by atoms with Gasteiger partial charge in [0.2, 0.25) is 0 Å². The fourth-order valence-corrected chi connectivity index (χ4v) is 3.66. The highest BCUT2D eigenvalue weighted by Gasteiger charge is 2.47. The maximum atomic E-state index is 13.6. The van der Waals surface area contributed by atoms with Crippen LogP contribution in [0.25, 0.3) is 0 Å². The van der Waals surface area contributed by atoms with E-state index in [0.29, 0.717) is 5.41 Å². The van der Waals surface area contributed by atoms with Crippen LogP contribution in [0.2, 0.25) is 0 Å². The molecule has 122 valence electrons. The van der Waals surface area contributed by atoms with Gasteiger partial charge in [-0.1, -0.05) is 17.4 Å². The number of hydrogen-bond acceptors (Lipinski definition) is 2. The van der Waals surface area contributed by atoms with Gasteiger partial charge in [0.1, 0.15) is 6.17 Å². The lowest BCUT2D eigenvalue weighted by molar-refractivity contribution is -0.117. The van der Waals surface area contributed by atoms with Crippen molar-refractivity contribution < 1.29 is 9.18 Å². The van der Waals surface area contributed by atoms with Crippen molar-refractivity contribution in [3.05, 3.63) is 70.1 Å². The van der Waals surface area contributed by atoms with Gasteiger partial charge in [0.25, 0.3) is 5.91 Å². The third kappa shape index (κ3) is 2.71. The second kappa shape index (κ2) is 5.52. The van der Waals surface area contributed by atoms with Crippen LogP contribution in [-0.2, 0) is 4.79 Å². The van der Waals surface area contributed by atoms with Crippen LogP contribution in [0.15, 0.2) is 70.1 Å². The molecule has 3 nitrogen and oxygen atoms in total. The van der Waals surface area contributed by atoms with Gasteiger partial charge in [-0.2, -0.15) is 4.39 Å². The lowest BCUT2D eigenvalue weighted by Gasteiger charge is -2.21. The van der Waals surface area contributed by atoms with Crippen molar-refractivity contribution in [2.24, 2.45) is 5.41 Å². The number of halogens is 1. The molecule has 3 aliphatic carbocycles. The second-order valence-electron chi connectivity index (χ2n) is 7.02. The normalized spacial score (nSPS) is 26.1. The van der Waals surface area contributed by atoms with E-state index in [2.05, 4.69) is 29.0 Å². The van der Waals surface area contributed by atoms with E-state index in [4.69, 9.17) is 0 Å². The van der Waals surface area contributed by atoms with Gasteiger partial charge in [0.05, 0.1) is 5.57 Å². The number of carbonyl (C=O) groups excluding carboxylic acids is 1. The molecule has 1 aliphatic heterocycles. The molecule has 0 bridgehead atoms. The average molecular weight is 322 g/mol. The molecule has 0 aromatic rings. The Kier molecular flexibility index (Phi) is 3.45. The van der Waals surface area contributed by atoms with Crippen molar-refractivity contribution in [1.29, 1.82) is 0 Å². The summed E-state index contributed by atoms with van der Waals surface area (Å²) in [6, 6.07) is 0. The van der Waals surface area contributed by atoms with Crippen LogP contribution in [0.4, 0.5) is 4.39 Å². The van der Waals surface area contributed by atoms with E-state index in [9.17, 15) is 9.18 Å². The predicted octanol–water partition coefficient (Wildman–Crippen LogP) is 3.47. The van der Waals surface area contributed by atoms with Gasteiger partial charge in [-0.25, -0.2) is 0 Å². The van der Waals surface area contributed by atoms with E-state index in [1.54, 1.807) is 0 Å². The first-order chi connectivity index (χ1) is 11.6. The Bertz CT molecular complexity index is 839. The summed E-state index contributed by atoms with van der Waals surface area (Å²) in [7, 11) is 0. The topological polar surface area (TPSA) is 41.1 Å². The Hall–Kier alpha value is -2.54. The van der Waals surface area contributed by atoms with E-state index >= 15 is 0 Å². The largest absolute Gasteiger partial charge is 0.368 e. The molecule has 4 rings (SSSR count). The van der Waals surface area contributed by atoms with Crippen molar-refractivity contribution in [2.75, 3.05) is 0 Å². The molecular weight excluding hydrogens is 303 g/mol. The maximum Gasteiger partial charge on any atom is 0.256 e. The molecule has 1 unspecified atom stereocenters. The molecule has 24 heavy (non-hydrogen) atoms. The summed E-state index contributed by atoms with van der Waals surface area (Å²) in [5, 5.41) is 5.93. The molecule has 1 amide bonds. The van der Waals surface area contributed by atoms with Gasteiger partial charge in [-0.3, -0.25) is 4.79 Å². The Morgan fingerprint density at radius 3 is 2.88 bits per heavy atom. The summed E-state index contributed by atoms with van der Waals surface area (Å²) in [5.41, 5.74) is 9.39. The molecule has 0 saturated heterocycles. The summed E-state index contributed by atoms with van der Waals surface area (Å²) >= 11 is 0. The smallest absolute Gasteiger partial charge is 0.256 e. The molecule has 0 aromatic heterocycles. The summed E-state index contributed by atoms with van der Waals surface area (Å²) < 4.78 is 13.6. The number of allylic oxidation sites excluding steroid dienone is 6.